The van der Waals surface area contributed by atoms with E-state index in [1.54, 1.807) is 11.3 Å². The van der Waals surface area contributed by atoms with Crippen molar-refractivity contribution in [2.75, 3.05) is 0 Å². The van der Waals surface area contributed by atoms with E-state index in [0.29, 0.717) is 0 Å². The number of aromatic nitrogens is 3. The second kappa shape index (κ2) is 7.99. The van der Waals surface area contributed by atoms with Crippen molar-refractivity contribution in [1.82, 2.24) is 19.9 Å². The molecule has 5 aromatic rings. The van der Waals surface area contributed by atoms with Crippen molar-refractivity contribution < 1.29 is 0 Å². The van der Waals surface area contributed by atoms with Gasteiger partial charge in [0.25, 0.3) is 0 Å². The molecule has 0 aliphatic rings. The van der Waals surface area contributed by atoms with Gasteiger partial charge in [-0.05, 0) is 35.4 Å². The molecule has 0 saturated carbocycles. The molecule has 1 N–H and O–H groups in total. The number of imidazole rings is 1. The third-order valence-electron chi connectivity index (χ3n) is 4.92. The van der Waals surface area contributed by atoms with Crippen LogP contribution < -0.4 is 5.32 Å². The highest BCUT2D eigenvalue weighted by molar-refractivity contribution is 7.13. The molecule has 0 atom stereocenters. The van der Waals surface area contributed by atoms with Crippen LogP contribution in [0, 0.1) is 0 Å². The van der Waals surface area contributed by atoms with Crippen LogP contribution >= 0.6 is 11.3 Å². The quantitative estimate of drug-likeness (QED) is 0.416. The first-order chi connectivity index (χ1) is 14.4. The fourth-order valence-electron chi connectivity index (χ4n) is 3.48. The smallest absolute Gasteiger partial charge is 0.123 e. The summed E-state index contributed by atoms with van der Waals surface area (Å²) in [5.74, 6) is 0. The van der Waals surface area contributed by atoms with Gasteiger partial charge in [-0.25, -0.2) is 9.97 Å². The number of nitrogens with one attached hydrogen (secondary N) is 1. The second-order valence-corrected chi connectivity index (χ2v) is 7.81. The average Bonchev–Trinajstić information content (AvgIpc) is 3.45. The van der Waals surface area contributed by atoms with E-state index in [9.17, 15) is 0 Å². The lowest BCUT2D eigenvalue weighted by Gasteiger charge is -2.08. The summed E-state index contributed by atoms with van der Waals surface area (Å²) in [6.07, 6.45) is 3.74. The maximum Gasteiger partial charge on any atom is 0.123 e. The molecule has 0 unspecified atom stereocenters. The lowest BCUT2D eigenvalue weighted by Crippen LogP contribution is -2.12. The first kappa shape index (κ1) is 17.8. The first-order valence-corrected chi connectivity index (χ1v) is 10.5. The van der Waals surface area contributed by atoms with Crippen LogP contribution in [-0.2, 0) is 13.1 Å². The van der Waals surface area contributed by atoms with Gasteiger partial charge in [0.05, 0.1) is 11.0 Å². The molecule has 4 nitrogen and oxygen atoms in total. The second-order valence-electron chi connectivity index (χ2n) is 6.91. The van der Waals surface area contributed by atoms with Crippen LogP contribution in [0.5, 0.6) is 0 Å². The van der Waals surface area contributed by atoms with Crippen molar-refractivity contribution in [3.63, 3.8) is 0 Å². The third kappa shape index (κ3) is 3.83. The SMILES string of the molecule is c1ccc(CNCc2ccc3c(c2)ncn3-c2cccc(-c3nccs3)c2)cc1. The predicted molar refractivity (Wildman–Crippen MR) is 119 cm³/mol. The molecule has 142 valence electrons. The summed E-state index contributed by atoms with van der Waals surface area (Å²) in [7, 11) is 0. The Morgan fingerprint density at radius 1 is 0.828 bits per heavy atom. The van der Waals surface area contributed by atoms with Crippen LogP contribution in [0.15, 0.2) is 90.7 Å². The van der Waals surface area contributed by atoms with Crippen molar-refractivity contribution >= 4 is 22.4 Å². The van der Waals surface area contributed by atoms with Crippen LogP contribution in [0.2, 0.25) is 0 Å². The standard InChI is InChI=1S/C24H20N4S/c1-2-5-18(6-3-1)15-25-16-19-9-10-23-22(13-19)27-17-28(23)21-8-4-7-20(14-21)24-26-11-12-29-24/h1-14,17,25H,15-16H2. The van der Waals surface area contributed by atoms with E-state index in [2.05, 4.69) is 86.6 Å². The van der Waals surface area contributed by atoms with Gasteiger partial charge in [-0.1, -0.05) is 48.5 Å². The van der Waals surface area contributed by atoms with Gasteiger partial charge in [0.2, 0.25) is 0 Å². The Labute approximate surface area is 173 Å². The van der Waals surface area contributed by atoms with Crippen molar-refractivity contribution in [2.45, 2.75) is 13.1 Å². The number of benzene rings is 3. The van der Waals surface area contributed by atoms with Gasteiger partial charge in [-0.2, -0.15) is 0 Å². The number of thiazole rings is 1. The predicted octanol–water partition coefficient (Wildman–Crippen LogP) is 5.44. The zero-order chi connectivity index (χ0) is 19.5. The molecule has 29 heavy (non-hydrogen) atoms. The normalized spacial score (nSPS) is 11.2. The summed E-state index contributed by atoms with van der Waals surface area (Å²) in [4.78, 5) is 9.06. The molecular weight excluding hydrogens is 376 g/mol. The van der Waals surface area contributed by atoms with Crippen molar-refractivity contribution in [2.24, 2.45) is 0 Å². The van der Waals surface area contributed by atoms with Gasteiger partial charge in [-0.15, -0.1) is 11.3 Å². The zero-order valence-electron chi connectivity index (χ0n) is 15.8. The van der Waals surface area contributed by atoms with E-state index in [0.717, 1.165) is 40.4 Å². The van der Waals surface area contributed by atoms with Gasteiger partial charge in [0, 0.05) is 35.9 Å². The van der Waals surface area contributed by atoms with E-state index in [1.165, 1.54) is 11.1 Å². The average molecular weight is 397 g/mol. The van der Waals surface area contributed by atoms with Crippen molar-refractivity contribution in [1.29, 1.82) is 0 Å². The van der Waals surface area contributed by atoms with E-state index >= 15 is 0 Å². The molecule has 0 bridgehead atoms. The Morgan fingerprint density at radius 2 is 1.72 bits per heavy atom. The molecule has 3 aromatic carbocycles. The fourth-order valence-corrected chi connectivity index (χ4v) is 4.11. The zero-order valence-corrected chi connectivity index (χ0v) is 16.6. The molecule has 2 aromatic heterocycles. The Kier molecular flexibility index (Phi) is 4.90. The number of fused-ring (bicyclic) bond motifs is 1. The van der Waals surface area contributed by atoms with Gasteiger partial charge < -0.3 is 5.32 Å². The maximum atomic E-state index is 4.64. The molecule has 0 fully saturated rings. The van der Waals surface area contributed by atoms with Gasteiger partial charge >= 0.3 is 0 Å². The molecular formula is C24H20N4S. The monoisotopic (exact) mass is 396 g/mol. The summed E-state index contributed by atoms with van der Waals surface area (Å²) in [5.41, 5.74) is 6.85. The number of rotatable bonds is 6. The summed E-state index contributed by atoms with van der Waals surface area (Å²) in [6.45, 7) is 1.67. The Bertz CT molecular complexity index is 1230. The minimum Gasteiger partial charge on any atom is -0.309 e. The van der Waals surface area contributed by atoms with Crippen LogP contribution in [0.25, 0.3) is 27.3 Å². The first-order valence-electron chi connectivity index (χ1n) is 9.58. The van der Waals surface area contributed by atoms with E-state index in [4.69, 9.17) is 0 Å². The maximum absolute atomic E-state index is 4.64. The van der Waals surface area contributed by atoms with Crippen molar-refractivity contribution in [3.05, 3.63) is 102 Å². The third-order valence-corrected chi connectivity index (χ3v) is 5.74. The molecule has 0 amide bonds. The number of nitrogens with zero attached hydrogens (tertiary/aromatic N) is 3. The summed E-state index contributed by atoms with van der Waals surface area (Å²) in [6, 6.07) is 25.4. The summed E-state index contributed by atoms with van der Waals surface area (Å²) < 4.78 is 2.13. The van der Waals surface area contributed by atoms with Crippen LogP contribution in [0.1, 0.15) is 11.1 Å². The number of hydrogen-bond donors (Lipinski definition) is 1. The van der Waals surface area contributed by atoms with E-state index in [-0.39, 0.29) is 0 Å². The molecule has 0 aliphatic heterocycles. The Hall–Kier alpha value is -3.28. The van der Waals surface area contributed by atoms with Crippen LogP contribution in [0.3, 0.4) is 0 Å². The fraction of sp³-hybridized carbons (Fsp3) is 0.0833. The molecule has 0 spiro atoms. The van der Waals surface area contributed by atoms with Gasteiger partial charge in [0.1, 0.15) is 11.3 Å². The lowest BCUT2D eigenvalue weighted by molar-refractivity contribution is 0.694. The molecule has 5 heteroatoms. The molecule has 5 rings (SSSR count). The van der Waals surface area contributed by atoms with Crippen LogP contribution in [0.4, 0.5) is 0 Å². The summed E-state index contributed by atoms with van der Waals surface area (Å²) in [5, 5.41) is 6.54. The molecule has 0 aliphatic carbocycles. The highest BCUT2D eigenvalue weighted by atomic mass is 32.1. The highest BCUT2D eigenvalue weighted by Gasteiger charge is 2.08. The topological polar surface area (TPSA) is 42.7 Å². The minimum atomic E-state index is 0.817. The van der Waals surface area contributed by atoms with Crippen LogP contribution in [-0.4, -0.2) is 14.5 Å². The molecule has 0 radical (unpaired) electrons. The molecule has 0 saturated heterocycles. The number of hydrogen-bond acceptors (Lipinski definition) is 4. The molecule has 2 heterocycles. The van der Waals surface area contributed by atoms with Crippen molar-refractivity contribution in [3.8, 4) is 16.3 Å². The minimum absolute atomic E-state index is 0.817. The van der Waals surface area contributed by atoms with E-state index in [1.807, 2.05) is 24.0 Å². The van der Waals surface area contributed by atoms with Gasteiger partial charge in [0.15, 0.2) is 0 Å². The largest absolute Gasteiger partial charge is 0.309 e. The van der Waals surface area contributed by atoms with Gasteiger partial charge in [-0.3, -0.25) is 4.57 Å². The Morgan fingerprint density at radius 3 is 2.59 bits per heavy atom. The summed E-state index contributed by atoms with van der Waals surface area (Å²) >= 11 is 1.65. The highest BCUT2D eigenvalue weighted by Crippen LogP contribution is 2.26. The lowest BCUT2D eigenvalue weighted by atomic mass is 10.1. The Balaban J connectivity index is 1.36. The van der Waals surface area contributed by atoms with E-state index < -0.39 is 0 Å².